The number of fused-ring (bicyclic) bond motifs is 1. The fourth-order valence-corrected chi connectivity index (χ4v) is 6.01. The number of anilines is 3. The molecule has 45 heavy (non-hydrogen) atoms. The number of aryl methyl sites for hydroxylation is 1. The number of carbonyl (C=O) groups excluding carboxylic acids is 1. The zero-order valence-corrected chi connectivity index (χ0v) is 25.7. The molecule has 240 valence electrons. The third kappa shape index (κ3) is 6.76. The SMILES string of the molecule is C=CC.CC1CCCN(c2nc(C(F)(F)F)c(C(=O)Nc3ccc(N4CCC(n5c(=O)n(C)c6ccccc65)CC4)nc3)o2)C1. The lowest BCUT2D eigenvalue weighted by Crippen LogP contribution is -2.38. The van der Waals surface area contributed by atoms with E-state index in [1.807, 2.05) is 42.7 Å². The highest BCUT2D eigenvalue weighted by molar-refractivity contribution is 6.03. The van der Waals surface area contributed by atoms with Crippen LogP contribution in [0.1, 0.15) is 61.8 Å². The topological polar surface area (TPSA) is 101 Å². The number of piperidine rings is 2. The van der Waals surface area contributed by atoms with Crippen molar-refractivity contribution in [1.29, 1.82) is 0 Å². The summed E-state index contributed by atoms with van der Waals surface area (Å²) in [6.07, 6.45) is 1.59. The Hall–Kier alpha value is -4.55. The second-order valence-corrected chi connectivity index (χ2v) is 11.6. The van der Waals surface area contributed by atoms with E-state index in [0.29, 0.717) is 32.0 Å². The van der Waals surface area contributed by atoms with Gasteiger partial charge < -0.3 is 19.5 Å². The first-order chi connectivity index (χ1) is 21.5. The molecule has 0 bridgehead atoms. The molecule has 1 unspecified atom stereocenters. The molecule has 10 nitrogen and oxygen atoms in total. The number of para-hydroxylation sites is 2. The number of amides is 1. The van der Waals surface area contributed by atoms with E-state index >= 15 is 0 Å². The monoisotopic (exact) mass is 625 g/mol. The highest BCUT2D eigenvalue weighted by Gasteiger charge is 2.42. The van der Waals surface area contributed by atoms with Crippen molar-refractivity contribution in [2.75, 3.05) is 41.3 Å². The summed E-state index contributed by atoms with van der Waals surface area (Å²) in [7, 11) is 1.78. The average Bonchev–Trinajstić information content (AvgIpc) is 3.59. The minimum atomic E-state index is -4.85. The molecule has 1 N–H and O–H groups in total. The number of aromatic nitrogens is 4. The molecule has 0 radical (unpaired) electrons. The Bertz CT molecular complexity index is 1700. The van der Waals surface area contributed by atoms with Crippen LogP contribution in [-0.4, -0.2) is 51.2 Å². The van der Waals surface area contributed by atoms with Crippen molar-refractivity contribution in [3.8, 4) is 0 Å². The van der Waals surface area contributed by atoms with Crippen molar-refractivity contribution < 1.29 is 22.4 Å². The Morgan fingerprint density at radius 2 is 1.76 bits per heavy atom. The number of benzene rings is 1. The van der Waals surface area contributed by atoms with Gasteiger partial charge in [0.1, 0.15) is 5.82 Å². The molecule has 13 heteroatoms. The number of rotatable bonds is 5. The minimum Gasteiger partial charge on any atom is -0.417 e. The second-order valence-electron chi connectivity index (χ2n) is 11.6. The van der Waals surface area contributed by atoms with Crippen LogP contribution in [0.15, 0.2) is 64.5 Å². The summed E-state index contributed by atoms with van der Waals surface area (Å²) < 4.78 is 50.2. The molecule has 6 rings (SSSR count). The van der Waals surface area contributed by atoms with Gasteiger partial charge in [0.15, 0.2) is 5.69 Å². The number of hydrogen-bond donors (Lipinski definition) is 1. The van der Waals surface area contributed by atoms with Crippen molar-refractivity contribution in [2.24, 2.45) is 13.0 Å². The number of halogens is 3. The zero-order chi connectivity index (χ0) is 32.3. The zero-order valence-electron chi connectivity index (χ0n) is 25.7. The van der Waals surface area contributed by atoms with Gasteiger partial charge in [0, 0.05) is 39.3 Å². The van der Waals surface area contributed by atoms with E-state index in [1.165, 1.54) is 6.20 Å². The first-order valence-corrected chi connectivity index (χ1v) is 15.1. The molecule has 2 aliphatic heterocycles. The van der Waals surface area contributed by atoms with Crippen molar-refractivity contribution in [3.05, 3.63) is 77.2 Å². The molecule has 0 spiro atoms. The van der Waals surface area contributed by atoms with Crippen molar-refractivity contribution in [1.82, 2.24) is 19.1 Å². The Morgan fingerprint density at radius 3 is 2.38 bits per heavy atom. The number of imidazole rings is 1. The molecule has 4 aromatic rings. The van der Waals surface area contributed by atoms with Crippen LogP contribution in [0.5, 0.6) is 0 Å². The van der Waals surface area contributed by atoms with Gasteiger partial charge in [-0.25, -0.2) is 9.78 Å². The molecule has 5 heterocycles. The van der Waals surface area contributed by atoms with Crippen LogP contribution in [0.3, 0.4) is 0 Å². The fraction of sp³-hybridized carbons (Fsp3) is 0.438. The van der Waals surface area contributed by atoms with Gasteiger partial charge in [-0.15, -0.1) is 6.58 Å². The van der Waals surface area contributed by atoms with E-state index in [0.717, 1.165) is 36.7 Å². The molecular weight excluding hydrogens is 587 g/mol. The Morgan fingerprint density at radius 1 is 1.07 bits per heavy atom. The first-order valence-electron chi connectivity index (χ1n) is 15.1. The van der Waals surface area contributed by atoms with Gasteiger partial charge in [-0.1, -0.05) is 25.1 Å². The van der Waals surface area contributed by atoms with E-state index < -0.39 is 23.5 Å². The molecule has 2 saturated heterocycles. The predicted molar refractivity (Wildman–Crippen MR) is 168 cm³/mol. The highest BCUT2D eigenvalue weighted by atomic mass is 19.4. The van der Waals surface area contributed by atoms with Gasteiger partial charge in [-0.05, 0) is 62.8 Å². The lowest BCUT2D eigenvalue weighted by molar-refractivity contribution is -0.141. The molecule has 2 aliphatic rings. The van der Waals surface area contributed by atoms with Crippen LogP contribution < -0.4 is 20.8 Å². The third-order valence-electron chi connectivity index (χ3n) is 8.17. The molecule has 3 aromatic heterocycles. The Kier molecular flexibility index (Phi) is 9.35. The van der Waals surface area contributed by atoms with Crippen LogP contribution in [-0.2, 0) is 13.2 Å². The van der Waals surface area contributed by atoms with Crippen molar-refractivity contribution in [3.63, 3.8) is 0 Å². The van der Waals surface area contributed by atoms with E-state index in [9.17, 15) is 22.8 Å². The van der Waals surface area contributed by atoms with E-state index in [4.69, 9.17) is 4.42 Å². The summed E-state index contributed by atoms with van der Waals surface area (Å²) in [5.41, 5.74) is 0.671. The quantitative estimate of drug-likeness (QED) is 0.261. The number of hydrogen-bond acceptors (Lipinski definition) is 7. The summed E-state index contributed by atoms with van der Waals surface area (Å²) in [5.74, 6) is -0.949. The molecule has 1 aromatic carbocycles. The maximum absolute atomic E-state index is 13.7. The smallest absolute Gasteiger partial charge is 0.417 e. The summed E-state index contributed by atoms with van der Waals surface area (Å²) in [6, 6.07) is 10.9. The Balaban J connectivity index is 0.00000128. The lowest BCUT2D eigenvalue weighted by Gasteiger charge is -2.33. The van der Waals surface area contributed by atoms with Gasteiger partial charge >= 0.3 is 11.9 Å². The normalized spacial score (nSPS) is 17.6. The molecular formula is C32H38F3N7O3. The first kappa shape index (κ1) is 31.9. The van der Waals surface area contributed by atoms with Crippen LogP contribution in [0.25, 0.3) is 11.0 Å². The van der Waals surface area contributed by atoms with Crippen molar-refractivity contribution >= 4 is 34.5 Å². The number of alkyl halides is 3. The molecule has 1 amide bonds. The third-order valence-corrected chi connectivity index (χ3v) is 8.17. The average molecular weight is 626 g/mol. The van der Waals surface area contributed by atoms with E-state index in [1.54, 1.807) is 34.7 Å². The van der Waals surface area contributed by atoms with Gasteiger partial charge in [-0.2, -0.15) is 18.2 Å². The standard InChI is InChI=1S/C29H32F3N7O3.C3H6/c1-18-6-5-13-38(17-18)27-35-25(29(30,31)32)24(42-27)26(40)34-19-9-10-23(33-16-19)37-14-11-20(12-15-37)39-22-8-4-3-7-21(22)36(2)28(39)41;1-3-2/h3-4,7-10,16,18,20H,5-6,11-15,17H2,1-2H3,(H,34,40);3H,1H2,2H3. The highest BCUT2D eigenvalue weighted by Crippen LogP contribution is 2.35. The number of oxazole rings is 1. The van der Waals surface area contributed by atoms with Crippen LogP contribution >= 0.6 is 0 Å². The number of pyridine rings is 1. The molecule has 0 aliphatic carbocycles. The van der Waals surface area contributed by atoms with Crippen LogP contribution in [0.4, 0.5) is 30.7 Å². The molecule has 1 atom stereocenters. The van der Waals surface area contributed by atoms with E-state index in [2.05, 4.69) is 26.8 Å². The predicted octanol–water partition coefficient (Wildman–Crippen LogP) is 6.26. The van der Waals surface area contributed by atoms with Crippen LogP contribution in [0, 0.1) is 5.92 Å². The van der Waals surface area contributed by atoms with Gasteiger partial charge in [-0.3, -0.25) is 13.9 Å². The largest absolute Gasteiger partial charge is 0.437 e. The maximum Gasteiger partial charge on any atom is 0.437 e. The number of allylic oxidation sites excluding steroid dienone is 1. The van der Waals surface area contributed by atoms with Gasteiger partial charge in [0.05, 0.1) is 22.9 Å². The summed E-state index contributed by atoms with van der Waals surface area (Å²) in [5, 5.41) is 2.47. The number of nitrogens with one attached hydrogen (secondary N) is 1. The minimum absolute atomic E-state index is 0.0362. The van der Waals surface area contributed by atoms with E-state index in [-0.39, 0.29) is 29.4 Å². The van der Waals surface area contributed by atoms with Gasteiger partial charge in [0.2, 0.25) is 5.76 Å². The number of carbonyl (C=O) groups is 1. The Labute approximate surface area is 259 Å². The van der Waals surface area contributed by atoms with Crippen molar-refractivity contribution in [2.45, 2.75) is 51.7 Å². The summed E-state index contributed by atoms with van der Waals surface area (Å²) in [6.45, 7) is 9.64. The molecule has 2 fully saturated rings. The second kappa shape index (κ2) is 13.2. The van der Waals surface area contributed by atoms with Crippen LogP contribution in [0.2, 0.25) is 0 Å². The summed E-state index contributed by atoms with van der Waals surface area (Å²) >= 11 is 0. The summed E-state index contributed by atoms with van der Waals surface area (Å²) in [4.78, 5) is 37.6. The lowest BCUT2D eigenvalue weighted by atomic mass is 10.0. The molecule has 0 saturated carbocycles. The van der Waals surface area contributed by atoms with Gasteiger partial charge in [0.25, 0.3) is 11.9 Å². The fourth-order valence-electron chi connectivity index (χ4n) is 6.01. The maximum atomic E-state index is 13.7. The number of nitrogens with zero attached hydrogens (tertiary/aromatic N) is 6.